The van der Waals surface area contributed by atoms with Gasteiger partial charge in [-0.15, -0.1) is 0 Å². The van der Waals surface area contributed by atoms with Crippen LogP contribution in [0.1, 0.15) is 24.5 Å². The highest BCUT2D eigenvalue weighted by Crippen LogP contribution is 2.26. The molecule has 2 rings (SSSR count). The molecule has 3 nitrogen and oxygen atoms in total. The number of halogens is 2. The molecule has 0 fully saturated rings. The molecule has 1 atom stereocenters. The fraction of sp³-hybridized carbons (Fsp3) is 0.316. The van der Waals surface area contributed by atoms with E-state index < -0.39 is 5.60 Å². The molecule has 1 amide bonds. The van der Waals surface area contributed by atoms with E-state index in [1.165, 1.54) is 0 Å². The quantitative estimate of drug-likeness (QED) is 0.717. The van der Waals surface area contributed by atoms with Gasteiger partial charge in [-0.25, -0.2) is 0 Å². The zero-order valence-electron chi connectivity index (χ0n) is 13.8. The summed E-state index contributed by atoms with van der Waals surface area (Å²) in [5.41, 5.74) is 1.44. The van der Waals surface area contributed by atoms with Gasteiger partial charge in [0, 0.05) is 23.0 Å². The molecule has 0 aliphatic heterocycles. The van der Waals surface area contributed by atoms with Crippen LogP contribution in [0.15, 0.2) is 53.0 Å². The number of ether oxygens (including phenoxy) is 1. The maximum Gasteiger partial charge on any atom is 0.220 e. The number of amides is 1. The molecule has 1 unspecified atom stereocenters. The van der Waals surface area contributed by atoms with Gasteiger partial charge in [-0.2, -0.15) is 0 Å². The van der Waals surface area contributed by atoms with Crippen LogP contribution >= 0.6 is 27.5 Å². The summed E-state index contributed by atoms with van der Waals surface area (Å²) < 4.78 is 6.66. The SMILES string of the molecule is COC(C)(CNC(=O)CCc1ccccc1Br)c1cccc(Cl)c1. The second-order valence-corrected chi connectivity index (χ2v) is 7.10. The molecule has 0 saturated carbocycles. The van der Waals surface area contributed by atoms with Crippen molar-refractivity contribution in [2.45, 2.75) is 25.4 Å². The average Bonchev–Trinajstić information content (AvgIpc) is 2.59. The molecule has 0 spiro atoms. The van der Waals surface area contributed by atoms with E-state index in [1.807, 2.05) is 55.5 Å². The van der Waals surface area contributed by atoms with Gasteiger partial charge in [0.05, 0.1) is 6.54 Å². The van der Waals surface area contributed by atoms with Crippen LogP contribution in [-0.2, 0) is 21.6 Å². The lowest BCUT2D eigenvalue weighted by Crippen LogP contribution is -2.40. The van der Waals surface area contributed by atoms with Crippen LogP contribution < -0.4 is 5.32 Å². The monoisotopic (exact) mass is 409 g/mol. The Morgan fingerprint density at radius 2 is 2.00 bits per heavy atom. The van der Waals surface area contributed by atoms with E-state index in [-0.39, 0.29) is 5.91 Å². The minimum absolute atomic E-state index is 0.00365. The summed E-state index contributed by atoms with van der Waals surface area (Å²) in [4.78, 5) is 12.2. The topological polar surface area (TPSA) is 38.3 Å². The fourth-order valence-corrected chi connectivity index (χ4v) is 3.09. The van der Waals surface area contributed by atoms with Crippen molar-refractivity contribution < 1.29 is 9.53 Å². The fourth-order valence-electron chi connectivity index (χ4n) is 2.41. The number of nitrogens with one attached hydrogen (secondary N) is 1. The number of aryl methyl sites for hydroxylation is 1. The Bertz CT molecular complexity index is 707. The Hall–Kier alpha value is -1.36. The Morgan fingerprint density at radius 3 is 2.67 bits per heavy atom. The smallest absolute Gasteiger partial charge is 0.220 e. The van der Waals surface area contributed by atoms with Crippen LogP contribution in [-0.4, -0.2) is 19.6 Å². The van der Waals surface area contributed by atoms with Crippen molar-refractivity contribution >= 4 is 33.4 Å². The first-order valence-corrected chi connectivity index (χ1v) is 8.93. The molecule has 1 N–H and O–H groups in total. The van der Waals surface area contributed by atoms with Gasteiger partial charge in [0.1, 0.15) is 5.60 Å². The summed E-state index contributed by atoms with van der Waals surface area (Å²) in [6, 6.07) is 15.4. The van der Waals surface area contributed by atoms with Crippen LogP contribution in [0.5, 0.6) is 0 Å². The molecular weight excluding hydrogens is 390 g/mol. The third-order valence-electron chi connectivity index (χ3n) is 4.09. The second kappa shape index (κ2) is 8.65. The molecule has 0 aliphatic rings. The molecule has 24 heavy (non-hydrogen) atoms. The second-order valence-electron chi connectivity index (χ2n) is 5.81. The maximum absolute atomic E-state index is 12.2. The first-order valence-electron chi connectivity index (χ1n) is 7.76. The van der Waals surface area contributed by atoms with Gasteiger partial charge in [-0.1, -0.05) is 57.9 Å². The summed E-state index contributed by atoms with van der Waals surface area (Å²) in [6.45, 7) is 2.32. The van der Waals surface area contributed by atoms with Crippen LogP contribution in [0.4, 0.5) is 0 Å². The molecule has 2 aromatic rings. The first kappa shape index (κ1) is 19.0. The number of rotatable bonds is 7. The minimum Gasteiger partial charge on any atom is -0.372 e. The third kappa shape index (κ3) is 5.07. The number of carbonyl (C=O) groups excluding carboxylic acids is 1. The van der Waals surface area contributed by atoms with E-state index in [4.69, 9.17) is 16.3 Å². The highest BCUT2D eigenvalue weighted by molar-refractivity contribution is 9.10. The Morgan fingerprint density at radius 1 is 1.25 bits per heavy atom. The summed E-state index contributed by atoms with van der Waals surface area (Å²) in [5, 5.41) is 3.61. The highest BCUT2D eigenvalue weighted by atomic mass is 79.9. The zero-order chi connectivity index (χ0) is 17.6. The molecule has 0 aliphatic carbocycles. The molecule has 5 heteroatoms. The Balaban J connectivity index is 1.93. The predicted octanol–water partition coefficient (Wildman–Crippen LogP) is 4.71. The van der Waals surface area contributed by atoms with E-state index in [9.17, 15) is 4.79 Å². The van der Waals surface area contributed by atoms with Gasteiger partial charge in [0.2, 0.25) is 5.91 Å². The summed E-state index contributed by atoms with van der Waals surface area (Å²) in [6.07, 6.45) is 1.12. The zero-order valence-corrected chi connectivity index (χ0v) is 16.2. The number of methoxy groups -OCH3 is 1. The highest BCUT2D eigenvalue weighted by Gasteiger charge is 2.27. The van der Waals surface area contributed by atoms with Gasteiger partial charge >= 0.3 is 0 Å². The molecule has 2 aromatic carbocycles. The largest absolute Gasteiger partial charge is 0.372 e. The minimum atomic E-state index is -0.617. The first-order chi connectivity index (χ1) is 11.4. The lowest BCUT2D eigenvalue weighted by molar-refractivity contribution is -0.122. The molecule has 0 bridgehead atoms. The standard InChI is InChI=1S/C19H21BrClNO2/c1-19(24-2,15-7-5-8-16(21)12-15)13-22-18(23)11-10-14-6-3-4-9-17(14)20/h3-9,12H,10-11,13H2,1-2H3,(H,22,23). The average molecular weight is 411 g/mol. The lowest BCUT2D eigenvalue weighted by atomic mass is 9.95. The van der Waals surface area contributed by atoms with E-state index in [0.29, 0.717) is 24.4 Å². The summed E-state index contributed by atoms with van der Waals surface area (Å²) in [5.74, 6) is -0.00365. The van der Waals surface area contributed by atoms with Crippen molar-refractivity contribution in [1.82, 2.24) is 5.32 Å². The summed E-state index contributed by atoms with van der Waals surface area (Å²) in [7, 11) is 1.63. The number of hydrogen-bond donors (Lipinski definition) is 1. The normalized spacial score (nSPS) is 13.3. The lowest BCUT2D eigenvalue weighted by Gasteiger charge is -2.29. The van der Waals surface area contributed by atoms with Gasteiger partial charge in [0.15, 0.2) is 0 Å². The van der Waals surface area contributed by atoms with E-state index in [0.717, 1.165) is 15.6 Å². The van der Waals surface area contributed by atoms with Crippen molar-refractivity contribution in [3.63, 3.8) is 0 Å². The van der Waals surface area contributed by atoms with E-state index >= 15 is 0 Å². The Labute approximate surface area is 156 Å². The van der Waals surface area contributed by atoms with Crippen molar-refractivity contribution in [2.75, 3.05) is 13.7 Å². The molecule has 0 saturated heterocycles. The van der Waals surface area contributed by atoms with Crippen LogP contribution in [0.2, 0.25) is 5.02 Å². The maximum atomic E-state index is 12.2. The third-order valence-corrected chi connectivity index (χ3v) is 5.10. The number of hydrogen-bond acceptors (Lipinski definition) is 2. The van der Waals surface area contributed by atoms with Crippen molar-refractivity contribution in [3.05, 3.63) is 69.2 Å². The van der Waals surface area contributed by atoms with E-state index in [1.54, 1.807) is 7.11 Å². The number of carbonyl (C=O) groups is 1. The van der Waals surface area contributed by atoms with Crippen molar-refractivity contribution in [1.29, 1.82) is 0 Å². The van der Waals surface area contributed by atoms with Crippen LogP contribution in [0.3, 0.4) is 0 Å². The van der Waals surface area contributed by atoms with Crippen molar-refractivity contribution in [2.24, 2.45) is 0 Å². The van der Waals surface area contributed by atoms with Crippen molar-refractivity contribution in [3.8, 4) is 0 Å². The van der Waals surface area contributed by atoms with Crippen LogP contribution in [0.25, 0.3) is 0 Å². The molecule has 128 valence electrons. The van der Waals surface area contributed by atoms with Gasteiger partial charge in [-0.3, -0.25) is 4.79 Å². The molecule has 0 heterocycles. The predicted molar refractivity (Wildman–Crippen MR) is 101 cm³/mol. The molecular formula is C19H21BrClNO2. The van der Waals surface area contributed by atoms with Crippen LogP contribution in [0, 0.1) is 0 Å². The molecule has 0 aromatic heterocycles. The van der Waals surface area contributed by atoms with Gasteiger partial charge in [0.25, 0.3) is 0 Å². The Kier molecular flexibility index (Phi) is 6.84. The summed E-state index contributed by atoms with van der Waals surface area (Å²) >= 11 is 9.56. The molecule has 0 radical (unpaired) electrons. The van der Waals surface area contributed by atoms with E-state index in [2.05, 4.69) is 21.2 Å². The number of benzene rings is 2. The van der Waals surface area contributed by atoms with Gasteiger partial charge in [-0.05, 0) is 42.7 Å². The van der Waals surface area contributed by atoms with Gasteiger partial charge < -0.3 is 10.1 Å².